The van der Waals surface area contributed by atoms with E-state index in [2.05, 4.69) is 29.7 Å². The van der Waals surface area contributed by atoms with Crippen molar-refractivity contribution in [2.24, 2.45) is 4.99 Å². The molecule has 0 aliphatic carbocycles. The number of ether oxygens (including phenoxy) is 1. The topological polar surface area (TPSA) is 89.4 Å². The van der Waals surface area contributed by atoms with E-state index in [1.165, 1.54) is 11.3 Å². The molecule has 0 saturated carbocycles. The van der Waals surface area contributed by atoms with E-state index in [0.29, 0.717) is 32.7 Å². The molecule has 7 nitrogen and oxygen atoms in total. The number of thiazole rings is 1. The van der Waals surface area contributed by atoms with Gasteiger partial charge < -0.3 is 9.30 Å². The van der Waals surface area contributed by atoms with Crippen molar-refractivity contribution in [3.63, 3.8) is 0 Å². The minimum absolute atomic E-state index is 0.202. The van der Waals surface area contributed by atoms with Gasteiger partial charge in [-0.2, -0.15) is 5.26 Å². The van der Waals surface area contributed by atoms with Crippen molar-refractivity contribution in [1.29, 1.82) is 5.26 Å². The molecule has 0 radical (unpaired) electrons. The number of aryl methyl sites for hydroxylation is 1. The van der Waals surface area contributed by atoms with Gasteiger partial charge >= 0.3 is 5.97 Å². The van der Waals surface area contributed by atoms with E-state index in [1.54, 1.807) is 18.4 Å². The van der Waals surface area contributed by atoms with Crippen molar-refractivity contribution < 1.29 is 9.53 Å². The first-order valence-corrected chi connectivity index (χ1v) is 15.0. The Morgan fingerprint density at radius 3 is 2.47 bits per heavy atom. The van der Waals surface area contributed by atoms with Gasteiger partial charge in [0.05, 0.1) is 40.1 Å². The molecule has 2 aromatic heterocycles. The highest BCUT2D eigenvalue weighted by atomic mass is 32.1. The number of para-hydroxylation sites is 1. The highest BCUT2D eigenvalue weighted by molar-refractivity contribution is 7.07. The molecule has 8 heteroatoms. The van der Waals surface area contributed by atoms with Gasteiger partial charge in [-0.3, -0.25) is 9.36 Å². The first-order chi connectivity index (χ1) is 20.8. The normalized spacial score (nSPS) is 14.9. The summed E-state index contributed by atoms with van der Waals surface area (Å²) in [6.07, 6.45) is 1.95. The molecule has 0 unspecified atom stereocenters. The number of esters is 1. The highest BCUT2D eigenvalue weighted by Gasteiger charge is 2.33. The summed E-state index contributed by atoms with van der Waals surface area (Å²) in [4.78, 5) is 32.6. The lowest BCUT2D eigenvalue weighted by molar-refractivity contribution is -0.139. The molecule has 0 fully saturated rings. The number of carbonyl (C=O) groups is 1. The molecule has 214 valence electrons. The Morgan fingerprint density at radius 2 is 1.77 bits per heavy atom. The third kappa shape index (κ3) is 5.02. The number of allylic oxidation sites excluding steroid dienone is 1. The first-order valence-electron chi connectivity index (χ1n) is 14.1. The smallest absolute Gasteiger partial charge is 0.338 e. The molecular weight excluding hydrogens is 556 g/mol. The fraction of sp³-hybridized carbons (Fsp3) is 0.200. The Balaban J connectivity index is 1.53. The number of hydrogen-bond acceptors (Lipinski definition) is 6. The summed E-state index contributed by atoms with van der Waals surface area (Å²) in [5.41, 5.74) is 7.37. The van der Waals surface area contributed by atoms with Crippen molar-refractivity contribution in [3.05, 3.63) is 137 Å². The Hall–Kier alpha value is -5.00. The summed E-state index contributed by atoms with van der Waals surface area (Å²) in [5, 5.41) is 10.2. The standard InChI is InChI=1S/C35H30N4O3S/c1-5-42-34(41)31-22(3)37-35-39(32(31)26-16-10-21(2)11-17-26)33(40)30(43-35)18-28-23(4)38(29-9-7-6-8-27(28)29)20-25-14-12-24(19-36)13-15-25/h6-18,32H,5,20H2,1-4H3/b30-18-/t32-/m1/s1. The minimum Gasteiger partial charge on any atom is -0.463 e. The lowest BCUT2D eigenvalue weighted by Crippen LogP contribution is -2.39. The number of carbonyl (C=O) groups excluding carboxylic acids is 1. The van der Waals surface area contributed by atoms with E-state index >= 15 is 0 Å². The first kappa shape index (κ1) is 28.1. The number of rotatable bonds is 6. The maximum absolute atomic E-state index is 14.2. The molecule has 0 saturated heterocycles. The molecule has 43 heavy (non-hydrogen) atoms. The third-order valence-corrected chi connectivity index (χ3v) is 8.87. The Bertz CT molecular complexity index is 2140. The van der Waals surface area contributed by atoms with Crippen LogP contribution in [0.1, 0.15) is 53.4 Å². The number of hydrogen-bond donors (Lipinski definition) is 0. The van der Waals surface area contributed by atoms with E-state index in [9.17, 15) is 14.9 Å². The molecule has 3 heterocycles. The summed E-state index contributed by atoms with van der Waals surface area (Å²) in [6, 6.07) is 25.2. The highest BCUT2D eigenvalue weighted by Crippen LogP contribution is 2.31. The quantitative estimate of drug-likeness (QED) is 0.253. The maximum Gasteiger partial charge on any atom is 0.338 e. The molecule has 3 aromatic carbocycles. The fourth-order valence-electron chi connectivity index (χ4n) is 5.70. The zero-order valence-electron chi connectivity index (χ0n) is 24.4. The van der Waals surface area contributed by atoms with Gasteiger partial charge in [0, 0.05) is 28.7 Å². The van der Waals surface area contributed by atoms with Crippen molar-refractivity contribution >= 4 is 34.3 Å². The van der Waals surface area contributed by atoms with Crippen LogP contribution in [0.15, 0.2) is 93.9 Å². The second-order valence-electron chi connectivity index (χ2n) is 10.6. The summed E-state index contributed by atoms with van der Waals surface area (Å²) in [6.45, 7) is 8.48. The number of nitriles is 1. The van der Waals surface area contributed by atoms with Crippen LogP contribution in [0.2, 0.25) is 0 Å². The summed E-state index contributed by atoms with van der Waals surface area (Å²) in [5.74, 6) is -0.467. The van der Waals surface area contributed by atoms with Crippen LogP contribution in [0.25, 0.3) is 17.0 Å². The zero-order chi connectivity index (χ0) is 30.2. The van der Waals surface area contributed by atoms with Gasteiger partial charge in [0.2, 0.25) is 0 Å². The second kappa shape index (κ2) is 11.3. The molecule has 0 spiro atoms. The lowest BCUT2D eigenvalue weighted by Gasteiger charge is -2.24. The van der Waals surface area contributed by atoms with Gasteiger partial charge in [-0.15, -0.1) is 0 Å². The minimum atomic E-state index is -0.642. The molecule has 5 aromatic rings. The van der Waals surface area contributed by atoms with Crippen molar-refractivity contribution in [1.82, 2.24) is 9.13 Å². The molecule has 1 atom stereocenters. The maximum atomic E-state index is 14.2. The fourth-order valence-corrected chi connectivity index (χ4v) is 6.73. The molecule has 6 rings (SSSR count). The van der Waals surface area contributed by atoms with Gasteiger partial charge in [0.1, 0.15) is 0 Å². The summed E-state index contributed by atoms with van der Waals surface area (Å²) >= 11 is 1.33. The van der Waals surface area contributed by atoms with Crippen LogP contribution in [0.3, 0.4) is 0 Å². The SMILES string of the molecule is CCOC(=O)C1=C(C)N=c2s/c(=C\c3c(C)n(Cc4ccc(C#N)cc4)c4ccccc34)c(=O)n2[C@@H]1c1ccc(C)cc1. The van der Waals surface area contributed by atoms with Gasteiger partial charge in [-0.25, -0.2) is 9.79 Å². The van der Waals surface area contributed by atoms with Crippen LogP contribution in [0.5, 0.6) is 0 Å². The average Bonchev–Trinajstić information content (AvgIpc) is 3.45. The Morgan fingerprint density at radius 1 is 1.05 bits per heavy atom. The molecule has 0 bridgehead atoms. The molecule has 0 N–H and O–H groups in total. The van der Waals surface area contributed by atoms with Crippen LogP contribution in [-0.2, 0) is 16.1 Å². The predicted octanol–water partition coefficient (Wildman–Crippen LogP) is 5.29. The number of benzene rings is 3. The van der Waals surface area contributed by atoms with Gasteiger partial charge in [-0.05, 0) is 63.1 Å². The number of nitrogens with zero attached hydrogens (tertiary/aromatic N) is 4. The van der Waals surface area contributed by atoms with Crippen LogP contribution in [0.4, 0.5) is 0 Å². The van der Waals surface area contributed by atoms with E-state index < -0.39 is 12.0 Å². The van der Waals surface area contributed by atoms with Crippen LogP contribution in [0, 0.1) is 25.2 Å². The van der Waals surface area contributed by atoms with E-state index in [-0.39, 0.29) is 12.2 Å². The zero-order valence-corrected chi connectivity index (χ0v) is 25.2. The summed E-state index contributed by atoms with van der Waals surface area (Å²) in [7, 11) is 0. The van der Waals surface area contributed by atoms with E-state index in [0.717, 1.165) is 38.9 Å². The van der Waals surface area contributed by atoms with Crippen LogP contribution >= 0.6 is 11.3 Å². The Labute approximate surface area is 252 Å². The molecule has 0 amide bonds. The number of aromatic nitrogens is 2. The molecule has 1 aliphatic heterocycles. The molecule has 1 aliphatic rings. The van der Waals surface area contributed by atoms with Crippen LogP contribution in [-0.4, -0.2) is 21.7 Å². The third-order valence-electron chi connectivity index (χ3n) is 7.89. The number of fused-ring (bicyclic) bond motifs is 2. The van der Waals surface area contributed by atoms with E-state index in [4.69, 9.17) is 9.73 Å². The average molecular weight is 587 g/mol. The second-order valence-corrected chi connectivity index (χ2v) is 11.6. The predicted molar refractivity (Wildman–Crippen MR) is 169 cm³/mol. The van der Waals surface area contributed by atoms with Gasteiger partial charge in [0.25, 0.3) is 5.56 Å². The summed E-state index contributed by atoms with van der Waals surface area (Å²) < 4.78 is 9.82. The van der Waals surface area contributed by atoms with Gasteiger partial charge in [0.15, 0.2) is 4.80 Å². The van der Waals surface area contributed by atoms with Crippen molar-refractivity contribution in [2.45, 2.75) is 40.3 Å². The monoisotopic (exact) mass is 586 g/mol. The van der Waals surface area contributed by atoms with Crippen LogP contribution < -0.4 is 14.9 Å². The lowest BCUT2D eigenvalue weighted by atomic mass is 9.95. The van der Waals surface area contributed by atoms with Crippen molar-refractivity contribution in [2.75, 3.05) is 6.61 Å². The Kier molecular flexibility index (Phi) is 7.43. The van der Waals surface area contributed by atoms with Crippen molar-refractivity contribution in [3.8, 4) is 6.07 Å². The van der Waals surface area contributed by atoms with E-state index in [1.807, 2.05) is 73.7 Å². The largest absolute Gasteiger partial charge is 0.463 e. The van der Waals surface area contributed by atoms with Gasteiger partial charge in [-0.1, -0.05) is 71.5 Å². The molecular formula is C35H30N4O3S.